The van der Waals surface area contributed by atoms with Crippen molar-refractivity contribution >= 4 is 15.9 Å². The molecule has 1 N–H and O–H groups in total. The summed E-state index contributed by atoms with van der Waals surface area (Å²) < 4.78 is 25.6. The molecule has 118 valence electrons. The number of hydrogen-bond acceptors (Lipinski definition) is 4. The van der Waals surface area contributed by atoms with E-state index in [1.54, 1.807) is 0 Å². The third-order valence-corrected chi connectivity index (χ3v) is 5.51. The fourth-order valence-corrected chi connectivity index (χ4v) is 3.93. The van der Waals surface area contributed by atoms with Crippen molar-refractivity contribution in [3.8, 4) is 0 Å². The normalized spacial score (nSPS) is 21.1. The van der Waals surface area contributed by atoms with Crippen molar-refractivity contribution in [1.82, 2.24) is 14.5 Å². The molecule has 1 saturated heterocycles. The lowest BCUT2D eigenvalue weighted by Crippen LogP contribution is -2.46. The Morgan fingerprint density at radius 2 is 2.10 bits per heavy atom. The van der Waals surface area contributed by atoms with Crippen LogP contribution in [-0.4, -0.2) is 69.6 Å². The van der Waals surface area contributed by atoms with Crippen molar-refractivity contribution in [3.63, 3.8) is 0 Å². The average molecular weight is 305 g/mol. The summed E-state index contributed by atoms with van der Waals surface area (Å²) >= 11 is 0. The third kappa shape index (κ3) is 5.38. The van der Waals surface area contributed by atoms with Crippen LogP contribution in [0.1, 0.15) is 26.2 Å². The number of rotatable bonds is 7. The molecule has 20 heavy (non-hydrogen) atoms. The van der Waals surface area contributed by atoms with Gasteiger partial charge in [0, 0.05) is 26.2 Å². The Bertz CT molecular complexity index is 409. The van der Waals surface area contributed by atoms with E-state index in [1.165, 1.54) is 4.31 Å². The van der Waals surface area contributed by atoms with Crippen LogP contribution < -0.4 is 5.32 Å². The van der Waals surface area contributed by atoms with Crippen molar-refractivity contribution in [2.45, 2.75) is 26.2 Å². The Balaban J connectivity index is 2.50. The zero-order chi connectivity index (χ0) is 15.2. The molecule has 6 nitrogen and oxygen atoms in total. The van der Waals surface area contributed by atoms with Gasteiger partial charge < -0.3 is 10.2 Å². The van der Waals surface area contributed by atoms with Gasteiger partial charge in [0.2, 0.25) is 15.9 Å². The van der Waals surface area contributed by atoms with Crippen LogP contribution in [0.25, 0.3) is 0 Å². The minimum atomic E-state index is -3.19. The van der Waals surface area contributed by atoms with Crippen LogP contribution in [0.5, 0.6) is 0 Å². The topological polar surface area (TPSA) is 69.7 Å². The number of nitrogens with zero attached hydrogens (tertiary/aromatic N) is 2. The highest BCUT2D eigenvalue weighted by Gasteiger charge is 2.31. The second kappa shape index (κ2) is 7.95. The summed E-state index contributed by atoms with van der Waals surface area (Å²) in [4.78, 5) is 14.1. The molecule has 1 fully saturated rings. The number of piperidine rings is 1. The molecule has 0 aromatic heterocycles. The summed E-state index contributed by atoms with van der Waals surface area (Å²) in [5.41, 5.74) is 0. The summed E-state index contributed by atoms with van der Waals surface area (Å²) in [7, 11) is 0.712. The molecule has 1 amide bonds. The predicted octanol–water partition coefficient (Wildman–Crippen LogP) is 0.116. The molecule has 0 aromatic carbocycles. The van der Waals surface area contributed by atoms with Gasteiger partial charge in [-0.15, -0.1) is 0 Å². The highest BCUT2D eigenvalue weighted by atomic mass is 32.2. The maximum atomic E-state index is 12.1. The highest BCUT2D eigenvalue weighted by Crippen LogP contribution is 2.20. The molecule has 7 heteroatoms. The van der Waals surface area contributed by atoms with Gasteiger partial charge in [0.1, 0.15) is 0 Å². The van der Waals surface area contributed by atoms with E-state index < -0.39 is 10.0 Å². The Morgan fingerprint density at radius 1 is 1.40 bits per heavy atom. The first-order chi connectivity index (χ1) is 9.36. The standard InChI is InChI=1S/C13H27N3O3S/c1-4-10-20(18,19)16-8-5-6-12(11-16)13(17)14-7-9-15(2)3/h12H,4-11H2,1-3H3,(H,14,17)/t12-/m1/s1. The molecule has 0 radical (unpaired) electrons. The van der Waals surface area contributed by atoms with E-state index in [0.29, 0.717) is 26.1 Å². The molecule has 1 aliphatic heterocycles. The van der Waals surface area contributed by atoms with Gasteiger partial charge in [-0.2, -0.15) is 0 Å². The van der Waals surface area contributed by atoms with Gasteiger partial charge in [-0.05, 0) is 33.4 Å². The van der Waals surface area contributed by atoms with E-state index in [4.69, 9.17) is 0 Å². The van der Waals surface area contributed by atoms with Crippen LogP contribution in [0.4, 0.5) is 0 Å². The van der Waals surface area contributed by atoms with Gasteiger partial charge in [0.25, 0.3) is 0 Å². The van der Waals surface area contributed by atoms with Crippen molar-refractivity contribution in [2.75, 3.05) is 46.0 Å². The second-order valence-corrected chi connectivity index (χ2v) is 7.70. The first-order valence-corrected chi connectivity index (χ1v) is 8.88. The van der Waals surface area contributed by atoms with Gasteiger partial charge in [-0.25, -0.2) is 12.7 Å². The maximum Gasteiger partial charge on any atom is 0.224 e. The van der Waals surface area contributed by atoms with Gasteiger partial charge in [-0.1, -0.05) is 6.92 Å². The number of likely N-dealkylation sites (N-methyl/N-ethyl adjacent to an activating group) is 1. The first kappa shape index (κ1) is 17.4. The zero-order valence-electron chi connectivity index (χ0n) is 12.8. The van der Waals surface area contributed by atoms with E-state index in [2.05, 4.69) is 5.32 Å². The van der Waals surface area contributed by atoms with Crippen LogP contribution in [-0.2, 0) is 14.8 Å². The third-order valence-electron chi connectivity index (χ3n) is 3.47. The van der Waals surface area contributed by atoms with E-state index in [0.717, 1.165) is 19.4 Å². The second-order valence-electron chi connectivity index (χ2n) is 5.61. The van der Waals surface area contributed by atoms with E-state index in [1.807, 2.05) is 25.9 Å². The average Bonchev–Trinajstić information content (AvgIpc) is 2.38. The Labute approximate surface area is 122 Å². The first-order valence-electron chi connectivity index (χ1n) is 7.27. The lowest BCUT2D eigenvalue weighted by atomic mass is 9.99. The largest absolute Gasteiger partial charge is 0.355 e. The summed E-state index contributed by atoms with van der Waals surface area (Å²) in [5, 5.41) is 2.89. The highest BCUT2D eigenvalue weighted by molar-refractivity contribution is 7.89. The van der Waals surface area contributed by atoms with E-state index in [-0.39, 0.29) is 17.6 Å². The Kier molecular flexibility index (Phi) is 6.91. The van der Waals surface area contributed by atoms with Crippen molar-refractivity contribution in [1.29, 1.82) is 0 Å². The summed E-state index contributed by atoms with van der Waals surface area (Å²) in [5.74, 6) is -0.0668. The Hall–Kier alpha value is -0.660. The number of hydrogen-bond donors (Lipinski definition) is 1. The van der Waals surface area contributed by atoms with E-state index >= 15 is 0 Å². The maximum absolute atomic E-state index is 12.1. The summed E-state index contributed by atoms with van der Waals surface area (Å²) in [6.07, 6.45) is 2.14. The van der Waals surface area contributed by atoms with E-state index in [9.17, 15) is 13.2 Å². The van der Waals surface area contributed by atoms with Gasteiger partial charge in [0.15, 0.2) is 0 Å². The van der Waals surface area contributed by atoms with Crippen molar-refractivity contribution in [2.24, 2.45) is 5.92 Å². The van der Waals surface area contributed by atoms with Gasteiger partial charge in [0.05, 0.1) is 11.7 Å². The molecule has 1 rings (SSSR count). The molecule has 0 spiro atoms. The van der Waals surface area contributed by atoms with Crippen molar-refractivity contribution in [3.05, 3.63) is 0 Å². The number of carbonyl (C=O) groups excluding carboxylic acids is 1. The number of nitrogens with one attached hydrogen (secondary N) is 1. The number of carbonyl (C=O) groups is 1. The van der Waals surface area contributed by atoms with Crippen LogP contribution in [0.2, 0.25) is 0 Å². The summed E-state index contributed by atoms with van der Waals surface area (Å²) in [6, 6.07) is 0. The molecule has 0 unspecified atom stereocenters. The molecule has 0 aromatic rings. The quantitative estimate of drug-likeness (QED) is 0.725. The summed E-state index contributed by atoms with van der Waals surface area (Å²) in [6.45, 7) is 4.12. The number of amides is 1. The van der Waals surface area contributed by atoms with Gasteiger partial charge >= 0.3 is 0 Å². The fourth-order valence-electron chi connectivity index (χ4n) is 2.34. The minimum absolute atomic E-state index is 0.0248. The monoisotopic (exact) mass is 305 g/mol. The SMILES string of the molecule is CCCS(=O)(=O)N1CCC[C@@H](C(=O)NCCN(C)C)C1. The zero-order valence-corrected chi connectivity index (χ0v) is 13.6. The molecular formula is C13H27N3O3S. The van der Waals surface area contributed by atoms with Crippen LogP contribution in [0.15, 0.2) is 0 Å². The molecule has 0 aliphatic carbocycles. The minimum Gasteiger partial charge on any atom is -0.355 e. The molecule has 1 atom stereocenters. The Morgan fingerprint density at radius 3 is 2.70 bits per heavy atom. The number of sulfonamides is 1. The predicted molar refractivity (Wildman–Crippen MR) is 79.9 cm³/mol. The molecule has 1 aliphatic rings. The van der Waals surface area contributed by atoms with Crippen LogP contribution in [0, 0.1) is 5.92 Å². The molecule has 0 saturated carbocycles. The molecule has 0 bridgehead atoms. The smallest absolute Gasteiger partial charge is 0.224 e. The van der Waals surface area contributed by atoms with Crippen molar-refractivity contribution < 1.29 is 13.2 Å². The van der Waals surface area contributed by atoms with Crippen LogP contribution in [0.3, 0.4) is 0 Å². The van der Waals surface area contributed by atoms with Gasteiger partial charge in [-0.3, -0.25) is 4.79 Å². The molecule has 1 heterocycles. The lowest BCUT2D eigenvalue weighted by Gasteiger charge is -2.31. The molecular weight excluding hydrogens is 278 g/mol. The van der Waals surface area contributed by atoms with Crippen LogP contribution >= 0.6 is 0 Å². The fraction of sp³-hybridized carbons (Fsp3) is 0.923. The lowest BCUT2D eigenvalue weighted by molar-refractivity contribution is -0.126.